The van der Waals surface area contributed by atoms with Crippen LogP contribution in [0.2, 0.25) is 5.02 Å². The monoisotopic (exact) mass is 351 g/mol. The van der Waals surface area contributed by atoms with Gasteiger partial charge in [0.1, 0.15) is 17.4 Å². The zero-order valence-corrected chi connectivity index (χ0v) is 12.7. The number of halogens is 4. The number of alkyl halides is 3. The van der Waals surface area contributed by atoms with Gasteiger partial charge in [-0.3, -0.25) is 4.79 Å². The Labute approximate surface area is 140 Å². The second kappa shape index (κ2) is 7.20. The van der Waals surface area contributed by atoms with Gasteiger partial charge in [0.25, 0.3) is 0 Å². The molecule has 0 amide bonds. The van der Waals surface area contributed by atoms with Gasteiger partial charge >= 0.3 is 6.36 Å². The van der Waals surface area contributed by atoms with Gasteiger partial charge in [-0.25, -0.2) is 0 Å². The van der Waals surface area contributed by atoms with Crippen molar-refractivity contribution in [1.29, 1.82) is 5.26 Å². The molecule has 0 heterocycles. The van der Waals surface area contributed by atoms with Gasteiger partial charge in [-0.2, -0.15) is 5.26 Å². The minimum absolute atomic E-state index is 0.0596. The highest BCUT2D eigenvalue weighted by Gasteiger charge is 2.31. The van der Waals surface area contributed by atoms with Crippen LogP contribution in [-0.2, 0) is 0 Å². The van der Waals surface area contributed by atoms with Gasteiger partial charge in [-0.1, -0.05) is 29.8 Å². The maximum absolute atomic E-state index is 12.3. The van der Waals surface area contributed by atoms with E-state index < -0.39 is 17.9 Å². The van der Waals surface area contributed by atoms with Crippen molar-refractivity contribution in [3.63, 3.8) is 0 Å². The Balaban J connectivity index is 2.26. The second-order valence-corrected chi connectivity index (χ2v) is 5.00. The van der Waals surface area contributed by atoms with Crippen LogP contribution in [0.5, 0.6) is 5.75 Å². The molecule has 0 aromatic heterocycles. The van der Waals surface area contributed by atoms with Crippen molar-refractivity contribution in [3.05, 3.63) is 70.3 Å². The Kier molecular flexibility index (Phi) is 5.27. The number of carbonyl (C=O) groups is 1. The first-order valence-electron chi connectivity index (χ1n) is 6.57. The van der Waals surface area contributed by atoms with Crippen LogP contribution >= 0.6 is 11.6 Å². The number of Topliss-reactive ketones (excluding diaryl/α,β-unsaturated/α-hetero) is 1. The summed E-state index contributed by atoms with van der Waals surface area (Å²) in [5.74, 6) is -1.08. The number of ether oxygens (including phenoxy) is 1. The lowest BCUT2D eigenvalue weighted by Crippen LogP contribution is -2.17. The molecule has 3 nitrogen and oxygen atoms in total. The van der Waals surface area contributed by atoms with E-state index >= 15 is 0 Å². The quantitative estimate of drug-likeness (QED) is 0.441. The van der Waals surface area contributed by atoms with E-state index in [1.807, 2.05) is 0 Å². The molecule has 2 aromatic rings. The van der Waals surface area contributed by atoms with Crippen molar-refractivity contribution in [2.75, 3.05) is 0 Å². The highest BCUT2D eigenvalue weighted by atomic mass is 35.5. The van der Waals surface area contributed by atoms with Crippen molar-refractivity contribution in [3.8, 4) is 11.8 Å². The smallest absolute Gasteiger partial charge is 0.406 e. The number of hydrogen-bond acceptors (Lipinski definition) is 3. The molecule has 0 fully saturated rings. The fourth-order valence-corrected chi connectivity index (χ4v) is 2.05. The highest BCUT2D eigenvalue weighted by Crippen LogP contribution is 2.24. The van der Waals surface area contributed by atoms with Gasteiger partial charge in [0, 0.05) is 10.6 Å². The third-order valence-corrected chi connectivity index (χ3v) is 3.26. The average molecular weight is 352 g/mol. The molecule has 0 unspecified atom stereocenters. The first-order valence-corrected chi connectivity index (χ1v) is 6.95. The van der Waals surface area contributed by atoms with Crippen LogP contribution in [-0.4, -0.2) is 12.1 Å². The third-order valence-electron chi connectivity index (χ3n) is 2.92. The van der Waals surface area contributed by atoms with Crippen LogP contribution in [0.15, 0.2) is 54.1 Å². The summed E-state index contributed by atoms with van der Waals surface area (Å²) in [5.41, 5.74) is 0.359. The van der Waals surface area contributed by atoms with E-state index in [-0.39, 0.29) is 11.1 Å². The maximum Gasteiger partial charge on any atom is 0.573 e. The number of ketones is 1. The number of benzene rings is 2. The van der Waals surface area contributed by atoms with Crippen molar-refractivity contribution in [1.82, 2.24) is 0 Å². The van der Waals surface area contributed by atoms with Crippen molar-refractivity contribution < 1.29 is 22.7 Å². The maximum atomic E-state index is 12.3. The number of hydrogen-bond donors (Lipinski definition) is 0. The van der Waals surface area contributed by atoms with Crippen LogP contribution in [0.4, 0.5) is 13.2 Å². The SMILES string of the molecule is N#CC(=Cc1ccccc1Cl)C(=O)c1ccc(OC(F)(F)F)cc1. The number of rotatable bonds is 4. The molecule has 0 spiro atoms. The van der Waals surface area contributed by atoms with Crippen LogP contribution < -0.4 is 4.74 Å². The Morgan fingerprint density at radius 2 is 1.75 bits per heavy atom. The predicted molar refractivity (Wildman–Crippen MR) is 82.5 cm³/mol. The Morgan fingerprint density at radius 1 is 1.12 bits per heavy atom. The summed E-state index contributed by atoms with van der Waals surface area (Å²) in [5, 5.41) is 9.53. The summed E-state index contributed by atoms with van der Waals surface area (Å²) in [6.45, 7) is 0. The number of carbonyl (C=O) groups excluding carboxylic acids is 1. The lowest BCUT2D eigenvalue weighted by Gasteiger charge is -2.09. The van der Waals surface area contributed by atoms with Crippen molar-refractivity contribution in [2.24, 2.45) is 0 Å². The van der Waals surface area contributed by atoms with E-state index in [1.165, 1.54) is 6.08 Å². The van der Waals surface area contributed by atoms with Gasteiger partial charge in [-0.05, 0) is 42.0 Å². The Bertz CT molecular complexity index is 821. The molecule has 2 rings (SSSR count). The van der Waals surface area contributed by atoms with Gasteiger partial charge in [0.05, 0.1) is 0 Å². The number of allylic oxidation sites excluding steroid dienone is 1. The standard InChI is InChI=1S/C17H9ClF3NO2/c18-15-4-2-1-3-12(15)9-13(10-22)16(23)11-5-7-14(8-6-11)24-17(19,20)21/h1-9H. The third kappa shape index (κ3) is 4.61. The topological polar surface area (TPSA) is 50.1 Å². The zero-order valence-electron chi connectivity index (χ0n) is 12.0. The molecule has 122 valence electrons. The minimum atomic E-state index is -4.81. The molecule has 0 aliphatic carbocycles. The fourth-order valence-electron chi connectivity index (χ4n) is 1.86. The molecule has 0 bridgehead atoms. The molecule has 0 aliphatic heterocycles. The summed E-state index contributed by atoms with van der Waals surface area (Å²) in [7, 11) is 0. The van der Waals surface area contributed by atoms with Crippen LogP contribution in [0.25, 0.3) is 6.08 Å². The molecule has 0 saturated heterocycles. The predicted octanol–water partition coefficient (Wildman–Crippen LogP) is 5.03. The van der Waals surface area contributed by atoms with E-state index in [9.17, 15) is 18.0 Å². The molecule has 0 radical (unpaired) electrons. The Hall–Kier alpha value is -2.78. The summed E-state index contributed by atoms with van der Waals surface area (Å²) < 4.78 is 40.1. The molecule has 0 N–H and O–H groups in total. The number of nitrogens with zero attached hydrogens (tertiary/aromatic N) is 1. The van der Waals surface area contributed by atoms with Crippen LogP contribution in [0.1, 0.15) is 15.9 Å². The fraction of sp³-hybridized carbons (Fsp3) is 0.0588. The van der Waals surface area contributed by atoms with E-state index in [4.69, 9.17) is 16.9 Å². The van der Waals surface area contributed by atoms with Crippen LogP contribution in [0.3, 0.4) is 0 Å². The molecule has 24 heavy (non-hydrogen) atoms. The van der Waals surface area contributed by atoms with Gasteiger partial charge in [0.15, 0.2) is 0 Å². The molecule has 0 saturated carbocycles. The van der Waals surface area contributed by atoms with E-state index in [0.29, 0.717) is 10.6 Å². The van der Waals surface area contributed by atoms with E-state index in [1.54, 1.807) is 30.3 Å². The summed E-state index contributed by atoms with van der Waals surface area (Å²) in [6.07, 6.45) is -3.49. The second-order valence-electron chi connectivity index (χ2n) is 4.59. The molecule has 0 atom stereocenters. The molecular weight excluding hydrogens is 343 g/mol. The summed E-state index contributed by atoms with van der Waals surface area (Å²) >= 11 is 5.97. The highest BCUT2D eigenvalue weighted by molar-refractivity contribution is 6.32. The van der Waals surface area contributed by atoms with Gasteiger partial charge in [-0.15, -0.1) is 13.2 Å². The zero-order chi connectivity index (χ0) is 17.7. The average Bonchev–Trinajstić information content (AvgIpc) is 2.53. The lowest BCUT2D eigenvalue weighted by molar-refractivity contribution is -0.274. The van der Waals surface area contributed by atoms with E-state index in [0.717, 1.165) is 24.3 Å². The van der Waals surface area contributed by atoms with Crippen molar-refractivity contribution >= 4 is 23.5 Å². The Morgan fingerprint density at radius 3 is 2.29 bits per heavy atom. The normalized spacial score (nSPS) is 11.7. The van der Waals surface area contributed by atoms with Gasteiger partial charge in [0.2, 0.25) is 5.78 Å². The number of nitriles is 1. The summed E-state index contributed by atoms with van der Waals surface area (Å²) in [4.78, 5) is 12.3. The first-order chi connectivity index (χ1) is 11.3. The van der Waals surface area contributed by atoms with Gasteiger partial charge < -0.3 is 4.74 Å². The largest absolute Gasteiger partial charge is 0.573 e. The van der Waals surface area contributed by atoms with Crippen molar-refractivity contribution in [2.45, 2.75) is 6.36 Å². The van der Waals surface area contributed by atoms with E-state index in [2.05, 4.69) is 4.74 Å². The first kappa shape index (κ1) is 17.6. The molecular formula is C17H9ClF3NO2. The lowest BCUT2D eigenvalue weighted by atomic mass is 10.0. The molecule has 2 aromatic carbocycles. The molecule has 7 heteroatoms. The van der Waals surface area contributed by atoms with Crippen LogP contribution in [0, 0.1) is 11.3 Å². The molecule has 0 aliphatic rings. The minimum Gasteiger partial charge on any atom is -0.406 e. The summed E-state index contributed by atoms with van der Waals surface area (Å²) in [6, 6.07) is 12.7.